The predicted octanol–water partition coefficient (Wildman–Crippen LogP) is 2.82. The first kappa shape index (κ1) is 17.8. The Morgan fingerprint density at radius 1 is 1.08 bits per heavy atom. The number of carbonyl (C=O) groups is 1. The average Bonchev–Trinajstić information content (AvgIpc) is 3.17. The van der Waals surface area contributed by atoms with Gasteiger partial charge in [0.25, 0.3) is 5.91 Å². The number of nitrogens with one attached hydrogen (secondary N) is 1. The van der Waals surface area contributed by atoms with Crippen molar-refractivity contribution in [2.45, 2.75) is 25.8 Å². The van der Waals surface area contributed by atoms with Gasteiger partial charge in [-0.1, -0.05) is 56.3 Å². The molecule has 1 aromatic heterocycles. The van der Waals surface area contributed by atoms with Crippen molar-refractivity contribution in [2.24, 2.45) is 5.73 Å². The summed E-state index contributed by atoms with van der Waals surface area (Å²) >= 11 is 0. The molecule has 0 aliphatic carbocycles. The third-order valence-corrected chi connectivity index (χ3v) is 4.23. The predicted molar refractivity (Wildman–Crippen MR) is 101 cm³/mol. The van der Waals surface area contributed by atoms with Crippen LogP contribution in [0.1, 0.15) is 47.4 Å². The lowest BCUT2D eigenvalue weighted by molar-refractivity contribution is 0.0946. The molecule has 0 saturated heterocycles. The number of para-hydroxylation sites is 1. The van der Waals surface area contributed by atoms with Crippen LogP contribution in [0.2, 0.25) is 0 Å². The van der Waals surface area contributed by atoms with Gasteiger partial charge in [0, 0.05) is 12.6 Å². The zero-order valence-electron chi connectivity index (χ0n) is 15.0. The number of nitrogens with two attached hydrogens (primary N) is 1. The van der Waals surface area contributed by atoms with E-state index in [2.05, 4.69) is 41.5 Å². The summed E-state index contributed by atoms with van der Waals surface area (Å²) in [5, 5.41) is 11.2. The summed E-state index contributed by atoms with van der Waals surface area (Å²) in [6.07, 6.45) is 1.45. The van der Waals surface area contributed by atoms with Crippen molar-refractivity contribution in [3.8, 4) is 5.69 Å². The first-order valence-corrected chi connectivity index (χ1v) is 8.66. The Labute approximate surface area is 153 Å². The molecule has 0 aliphatic rings. The molecule has 0 radical (unpaired) electrons. The highest BCUT2D eigenvalue weighted by Gasteiger charge is 2.14. The monoisotopic (exact) mass is 349 g/mol. The number of hydrogen-bond acceptors (Lipinski definition) is 4. The van der Waals surface area contributed by atoms with Crippen LogP contribution in [0.5, 0.6) is 0 Å². The van der Waals surface area contributed by atoms with Gasteiger partial charge in [0.15, 0.2) is 5.69 Å². The Morgan fingerprint density at radius 2 is 1.73 bits per heavy atom. The van der Waals surface area contributed by atoms with Gasteiger partial charge in [-0.25, -0.2) is 0 Å². The summed E-state index contributed by atoms with van der Waals surface area (Å²) in [6.45, 7) is 4.63. The number of rotatable bonds is 6. The highest BCUT2D eigenvalue weighted by Crippen LogP contribution is 2.17. The van der Waals surface area contributed by atoms with Gasteiger partial charge < -0.3 is 11.1 Å². The van der Waals surface area contributed by atoms with Crippen molar-refractivity contribution in [3.63, 3.8) is 0 Å². The Morgan fingerprint density at radius 3 is 2.38 bits per heavy atom. The lowest BCUT2D eigenvalue weighted by atomic mass is 9.99. The molecule has 3 aromatic rings. The van der Waals surface area contributed by atoms with Crippen molar-refractivity contribution in [3.05, 3.63) is 77.6 Å². The molecule has 6 heteroatoms. The number of amides is 1. The van der Waals surface area contributed by atoms with E-state index in [4.69, 9.17) is 5.73 Å². The standard InChI is InChI=1S/C20H23N5O/c1-14(2)15-8-10-16(11-9-15)18(21)12-22-20(26)19-13-23-25(24-19)17-6-4-3-5-7-17/h3-11,13-14,18H,12,21H2,1-2H3,(H,22,26). The number of hydrogen-bond donors (Lipinski definition) is 2. The van der Waals surface area contributed by atoms with Crippen LogP contribution < -0.4 is 11.1 Å². The van der Waals surface area contributed by atoms with Crippen LogP contribution in [0.25, 0.3) is 5.69 Å². The van der Waals surface area contributed by atoms with Crippen molar-refractivity contribution < 1.29 is 4.79 Å². The molecular formula is C20H23N5O. The molecule has 3 N–H and O–H groups in total. The maximum atomic E-state index is 12.3. The first-order chi connectivity index (χ1) is 12.5. The highest BCUT2D eigenvalue weighted by atomic mass is 16.2. The molecule has 26 heavy (non-hydrogen) atoms. The van der Waals surface area contributed by atoms with Gasteiger partial charge in [-0.05, 0) is 29.2 Å². The second-order valence-corrected chi connectivity index (χ2v) is 6.49. The molecule has 1 unspecified atom stereocenters. The molecule has 1 atom stereocenters. The minimum Gasteiger partial charge on any atom is -0.349 e. The van der Waals surface area contributed by atoms with Gasteiger partial charge in [0.1, 0.15) is 0 Å². The summed E-state index contributed by atoms with van der Waals surface area (Å²) < 4.78 is 0. The average molecular weight is 349 g/mol. The lowest BCUT2D eigenvalue weighted by Gasteiger charge is -2.14. The normalized spacial score (nSPS) is 12.2. The molecule has 3 rings (SSSR count). The Bertz CT molecular complexity index is 855. The fourth-order valence-corrected chi connectivity index (χ4v) is 2.59. The van der Waals surface area contributed by atoms with Gasteiger partial charge in [-0.15, -0.1) is 5.10 Å². The molecule has 2 aromatic carbocycles. The highest BCUT2D eigenvalue weighted by molar-refractivity contribution is 5.91. The SMILES string of the molecule is CC(C)c1ccc(C(N)CNC(=O)c2cnn(-c3ccccc3)n2)cc1. The van der Waals surface area contributed by atoms with E-state index in [-0.39, 0.29) is 17.6 Å². The summed E-state index contributed by atoms with van der Waals surface area (Å²) in [7, 11) is 0. The molecule has 0 spiro atoms. The molecule has 6 nitrogen and oxygen atoms in total. The van der Waals surface area contributed by atoms with Gasteiger partial charge in [0.2, 0.25) is 0 Å². The van der Waals surface area contributed by atoms with Crippen LogP contribution in [0, 0.1) is 0 Å². The third kappa shape index (κ3) is 4.15. The van der Waals surface area contributed by atoms with E-state index < -0.39 is 0 Å². The quantitative estimate of drug-likeness (QED) is 0.716. The van der Waals surface area contributed by atoms with E-state index in [1.54, 1.807) is 0 Å². The molecule has 1 heterocycles. The first-order valence-electron chi connectivity index (χ1n) is 8.66. The maximum absolute atomic E-state index is 12.3. The van der Waals surface area contributed by atoms with E-state index >= 15 is 0 Å². The van der Waals surface area contributed by atoms with Crippen LogP contribution >= 0.6 is 0 Å². The smallest absolute Gasteiger partial charge is 0.273 e. The van der Waals surface area contributed by atoms with Gasteiger partial charge in [-0.2, -0.15) is 9.90 Å². The Balaban J connectivity index is 1.59. The molecule has 0 fully saturated rings. The number of carbonyl (C=O) groups excluding carboxylic acids is 1. The van der Waals surface area contributed by atoms with Gasteiger partial charge in [-0.3, -0.25) is 4.79 Å². The molecule has 1 amide bonds. The molecule has 0 saturated carbocycles. The van der Waals surface area contributed by atoms with Crippen LogP contribution in [0.3, 0.4) is 0 Å². The summed E-state index contributed by atoms with van der Waals surface area (Å²) in [5.41, 5.74) is 9.50. The second-order valence-electron chi connectivity index (χ2n) is 6.49. The lowest BCUT2D eigenvalue weighted by Crippen LogP contribution is -2.32. The molecular weight excluding hydrogens is 326 g/mol. The summed E-state index contributed by atoms with van der Waals surface area (Å²) in [5.74, 6) is 0.189. The van der Waals surface area contributed by atoms with E-state index in [9.17, 15) is 4.79 Å². The van der Waals surface area contributed by atoms with Gasteiger partial charge in [0.05, 0.1) is 11.9 Å². The zero-order valence-corrected chi connectivity index (χ0v) is 15.0. The zero-order chi connectivity index (χ0) is 18.5. The van der Waals surface area contributed by atoms with E-state index in [0.717, 1.165) is 11.3 Å². The van der Waals surface area contributed by atoms with E-state index in [1.807, 2.05) is 42.5 Å². The second kappa shape index (κ2) is 7.93. The topological polar surface area (TPSA) is 85.8 Å². The Hall–Kier alpha value is -2.99. The summed E-state index contributed by atoms with van der Waals surface area (Å²) in [4.78, 5) is 13.7. The molecule has 0 aliphatic heterocycles. The van der Waals surface area contributed by atoms with E-state index in [0.29, 0.717) is 12.5 Å². The minimum atomic E-state index is -0.290. The van der Waals surface area contributed by atoms with Gasteiger partial charge >= 0.3 is 0 Å². The number of nitrogens with zero attached hydrogens (tertiary/aromatic N) is 3. The summed E-state index contributed by atoms with van der Waals surface area (Å²) in [6, 6.07) is 17.3. The fraction of sp³-hybridized carbons (Fsp3) is 0.250. The van der Waals surface area contributed by atoms with Crippen molar-refractivity contribution in [2.75, 3.05) is 6.54 Å². The number of benzene rings is 2. The van der Waals surface area contributed by atoms with Crippen molar-refractivity contribution in [1.82, 2.24) is 20.3 Å². The van der Waals surface area contributed by atoms with Crippen molar-refractivity contribution >= 4 is 5.91 Å². The minimum absolute atomic E-state index is 0.260. The molecule has 134 valence electrons. The third-order valence-electron chi connectivity index (χ3n) is 4.23. The fourth-order valence-electron chi connectivity index (χ4n) is 2.59. The van der Waals surface area contributed by atoms with Crippen LogP contribution in [-0.4, -0.2) is 27.4 Å². The van der Waals surface area contributed by atoms with Crippen molar-refractivity contribution in [1.29, 1.82) is 0 Å². The Kier molecular flexibility index (Phi) is 5.43. The van der Waals surface area contributed by atoms with Crippen LogP contribution in [-0.2, 0) is 0 Å². The largest absolute Gasteiger partial charge is 0.349 e. The molecule has 0 bridgehead atoms. The van der Waals surface area contributed by atoms with Crippen LogP contribution in [0.4, 0.5) is 0 Å². The maximum Gasteiger partial charge on any atom is 0.273 e. The van der Waals surface area contributed by atoms with E-state index in [1.165, 1.54) is 16.6 Å². The van der Waals surface area contributed by atoms with Crippen LogP contribution in [0.15, 0.2) is 60.8 Å². The number of aromatic nitrogens is 3.